The van der Waals surface area contributed by atoms with Crippen molar-refractivity contribution in [1.82, 2.24) is 0 Å². The van der Waals surface area contributed by atoms with Crippen molar-refractivity contribution in [2.24, 2.45) is 0 Å². The minimum Gasteiger partial charge on any atom is -0.329 e. The van der Waals surface area contributed by atoms with Gasteiger partial charge in [0.2, 0.25) is 0 Å². The maximum absolute atomic E-state index is 3.24. The Bertz CT molecular complexity index is 257. The van der Waals surface area contributed by atoms with E-state index in [4.69, 9.17) is 0 Å². The first-order valence-corrected chi connectivity index (χ1v) is 4.32. The first-order valence-electron chi connectivity index (χ1n) is 3.33. The second-order valence-corrected chi connectivity index (χ2v) is 3.33. The summed E-state index contributed by atoms with van der Waals surface area (Å²) in [6.45, 7) is 2.13. The Balaban J connectivity index is 2.52. The third-order valence-corrected chi connectivity index (χ3v) is 2.49. The topological polar surface area (TPSA) is 12.0 Å². The molecule has 1 N–H and O–H groups in total. The van der Waals surface area contributed by atoms with Gasteiger partial charge in [-0.05, 0) is 30.5 Å². The third kappa shape index (κ3) is 0.886. The number of nitrogens with one attached hydrogen (secondary N) is 1. The average molecular weight is 151 g/mol. The van der Waals surface area contributed by atoms with Crippen LogP contribution in [0.1, 0.15) is 11.1 Å². The molecule has 0 atom stereocenters. The normalized spacial score (nSPS) is 14.5. The van der Waals surface area contributed by atoms with E-state index in [1.54, 1.807) is 11.9 Å². The smallest absolute Gasteiger partial charge is 0.0481 e. The summed E-state index contributed by atoms with van der Waals surface area (Å²) in [5, 5.41) is 0. The summed E-state index contributed by atoms with van der Waals surface area (Å²) in [5.41, 5.74) is 4.07. The highest BCUT2D eigenvalue weighted by atomic mass is 32.2. The van der Waals surface area contributed by atoms with Crippen molar-refractivity contribution in [2.45, 2.75) is 12.7 Å². The van der Waals surface area contributed by atoms with Gasteiger partial charge >= 0.3 is 0 Å². The Morgan fingerprint density at radius 2 is 2.40 bits per heavy atom. The fraction of sp³-hybridized carbons (Fsp3) is 0.250. The van der Waals surface area contributed by atoms with E-state index in [-0.39, 0.29) is 0 Å². The summed E-state index contributed by atoms with van der Waals surface area (Å²) in [6.07, 6.45) is 0. The summed E-state index contributed by atoms with van der Waals surface area (Å²) in [4.78, 5) is 0. The Morgan fingerprint density at radius 1 is 1.50 bits per heavy atom. The van der Waals surface area contributed by atoms with Crippen molar-refractivity contribution < 1.29 is 0 Å². The van der Waals surface area contributed by atoms with Crippen LogP contribution in [0.4, 0.5) is 5.69 Å². The molecule has 0 radical (unpaired) electrons. The van der Waals surface area contributed by atoms with Gasteiger partial charge in [-0.3, -0.25) is 0 Å². The van der Waals surface area contributed by atoms with Crippen LogP contribution in [0.2, 0.25) is 0 Å². The number of fused-ring (bicyclic) bond motifs is 1. The molecule has 1 aromatic carbocycles. The zero-order valence-corrected chi connectivity index (χ0v) is 6.66. The summed E-state index contributed by atoms with van der Waals surface area (Å²) < 4.78 is 3.24. The van der Waals surface area contributed by atoms with Crippen molar-refractivity contribution >= 4 is 17.6 Å². The van der Waals surface area contributed by atoms with Gasteiger partial charge in [0.1, 0.15) is 0 Å². The van der Waals surface area contributed by atoms with Crippen molar-refractivity contribution in [2.75, 3.05) is 4.72 Å². The summed E-state index contributed by atoms with van der Waals surface area (Å²) >= 11 is 1.76. The van der Waals surface area contributed by atoms with E-state index in [2.05, 4.69) is 29.8 Å². The number of hydrogen-bond donors (Lipinski definition) is 1. The first-order chi connectivity index (χ1) is 4.86. The maximum atomic E-state index is 3.24. The fourth-order valence-electron chi connectivity index (χ4n) is 1.13. The van der Waals surface area contributed by atoms with Gasteiger partial charge in [-0.2, -0.15) is 0 Å². The van der Waals surface area contributed by atoms with Crippen LogP contribution < -0.4 is 4.72 Å². The van der Waals surface area contributed by atoms with Crippen molar-refractivity contribution in [3.05, 3.63) is 29.3 Å². The van der Waals surface area contributed by atoms with Crippen LogP contribution in [0.15, 0.2) is 18.2 Å². The lowest BCUT2D eigenvalue weighted by atomic mass is 10.1. The van der Waals surface area contributed by atoms with E-state index in [9.17, 15) is 0 Å². The van der Waals surface area contributed by atoms with Gasteiger partial charge in [-0.15, -0.1) is 0 Å². The molecule has 10 heavy (non-hydrogen) atoms. The molecular weight excluding hydrogens is 142 g/mol. The largest absolute Gasteiger partial charge is 0.329 e. The molecule has 0 spiro atoms. The number of aryl methyl sites for hydroxylation is 1. The van der Waals surface area contributed by atoms with E-state index < -0.39 is 0 Å². The van der Waals surface area contributed by atoms with Crippen LogP contribution >= 0.6 is 11.9 Å². The Hall–Kier alpha value is -0.630. The van der Waals surface area contributed by atoms with Crippen molar-refractivity contribution in [3.63, 3.8) is 0 Å². The molecule has 2 rings (SSSR count). The lowest BCUT2D eigenvalue weighted by molar-refractivity contribution is 1.38. The molecule has 2 heteroatoms. The van der Waals surface area contributed by atoms with Gasteiger partial charge in [-0.1, -0.05) is 17.7 Å². The standard InChI is InChI=1S/C8H9NS/c1-6-2-3-8-7(4-6)5-10-9-8/h2-4,9H,5H2,1H3. The number of anilines is 1. The average Bonchev–Trinajstić information content (AvgIpc) is 2.33. The van der Waals surface area contributed by atoms with Crippen LogP contribution in [0, 0.1) is 6.92 Å². The summed E-state index contributed by atoms with van der Waals surface area (Å²) in [7, 11) is 0. The van der Waals surface area contributed by atoms with Crippen molar-refractivity contribution in [1.29, 1.82) is 0 Å². The second kappa shape index (κ2) is 2.20. The molecule has 1 nitrogen and oxygen atoms in total. The molecular formula is C8H9NS. The number of hydrogen-bond acceptors (Lipinski definition) is 2. The maximum Gasteiger partial charge on any atom is 0.0481 e. The molecule has 52 valence electrons. The molecule has 0 unspecified atom stereocenters. The minimum absolute atomic E-state index is 1.11. The molecule has 0 saturated heterocycles. The predicted molar refractivity (Wildman–Crippen MR) is 46.1 cm³/mol. The predicted octanol–water partition coefficient (Wildman–Crippen LogP) is 2.57. The Morgan fingerprint density at radius 3 is 3.30 bits per heavy atom. The highest BCUT2D eigenvalue weighted by Crippen LogP contribution is 2.30. The van der Waals surface area contributed by atoms with Gasteiger partial charge in [0.15, 0.2) is 0 Å². The number of benzene rings is 1. The highest BCUT2D eigenvalue weighted by Gasteiger charge is 2.08. The third-order valence-electron chi connectivity index (χ3n) is 1.67. The van der Waals surface area contributed by atoms with Crippen LogP contribution in [-0.4, -0.2) is 0 Å². The van der Waals surface area contributed by atoms with Crippen LogP contribution in [0.5, 0.6) is 0 Å². The van der Waals surface area contributed by atoms with E-state index in [1.165, 1.54) is 16.8 Å². The zero-order valence-electron chi connectivity index (χ0n) is 5.85. The minimum atomic E-state index is 1.11. The van der Waals surface area contributed by atoms with E-state index in [0.29, 0.717) is 0 Å². The molecule has 0 saturated carbocycles. The van der Waals surface area contributed by atoms with E-state index in [0.717, 1.165) is 5.75 Å². The van der Waals surface area contributed by atoms with E-state index >= 15 is 0 Å². The monoisotopic (exact) mass is 151 g/mol. The van der Waals surface area contributed by atoms with Gasteiger partial charge in [0.05, 0.1) is 0 Å². The molecule has 1 aromatic rings. The molecule has 0 aliphatic carbocycles. The fourth-order valence-corrected chi connectivity index (χ4v) is 1.95. The molecule has 1 heterocycles. The summed E-state index contributed by atoms with van der Waals surface area (Å²) in [6, 6.07) is 6.52. The molecule has 0 amide bonds. The van der Waals surface area contributed by atoms with Crippen molar-refractivity contribution in [3.8, 4) is 0 Å². The lowest BCUT2D eigenvalue weighted by Crippen LogP contribution is -1.80. The molecule has 0 bridgehead atoms. The Labute approximate surface area is 65.0 Å². The van der Waals surface area contributed by atoms with Gasteiger partial charge in [-0.25, -0.2) is 0 Å². The quantitative estimate of drug-likeness (QED) is 0.572. The zero-order chi connectivity index (χ0) is 6.97. The van der Waals surface area contributed by atoms with Crippen LogP contribution in [0.25, 0.3) is 0 Å². The first kappa shape index (κ1) is 6.10. The van der Waals surface area contributed by atoms with Crippen LogP contribution in [-0.2, 0) is 5.75 Å². The SMILES string of the molecule is Cc1ccc2c(c1)CSN2. The van der Waals surface area contributed by atoms with Gasteiger partial charge in [0, 0.05) is 11.4 Å². The second-order valence-electron chi connectivity index (χ2n) is 2.55. The molecule has 0 fully saturated rings. The van der Waals surface area contributed by atoms with Gasteiger partial charge in [0.25, 0.3) is 0 Å². The van der Waals surface area contributed by atoms with Gasteiger partial charge < -0.3 is 4.72 Å². The van der Waals surface area contributed by atoms with Crippen LogP contribution in [0.3, 0.4) is 0 Å². The molecule has 0 aromatic heterocycles. The highest BCUT2D eigenvalue weighted by molar-refractivity contribution is 8.00. The lowest BCUT2D eigenvalue weighted by Gasteiger charge is -1.97. The van der Waals surface area contributed by atoms with E-state index in [1.807, 2.05) is 0 Å². The summed E-state index contributed by atoms with van der Waals surface area (Å²) in [5.74, 6) is 1.11. The molecule has 1 aliphatic rings. The number of rotatable bonds is 0. The molecule has 1 aliphatic heterocycles. The Kier molecular flexibility index (Phi) is 1.34.